The van der Waals surface area contributed by atoms with E-state index in [1.54, 1.807) is 0 Å². The molecule has 2 unspecified atom stereocenters. The van der Waals surface area contributed by atoms with Crippen LogP contribution in [0.3, 0.4) is 0 Å². The van der Waals surface area contributed by atoms with Crippen molar-refractivity contribution in [2.45, 2.75) is 52.1 Å². The lowest BCUT2D eigenvalue weighted by atomic mass is 9.89. The first kappa shape index (κ1) is 13.4. The zero-order valence-corrected chi connectivity index (χ0v) is 10.7. The van der Waals surface area contributed by atoms with E-state index in [4.69, 9.17) is 10.1 Å². The summed E-state index contributed by atoms with van der Waals surface area (Å²) in [5, 5.41) is 7.74. The smallest absolute Gasteiger partial charge is 0.0656 e. The fourth-order valence-electron chi connectivity index (χ4n) is 2.55. The maximum atomic E-state index is 7.74. The summed E-state index contributed by atoms with van der Waals surface area (Å²) in [5.41, 5.74) is 0.791. The van der Waals surface area contributed by atoms with E-state index in [0.29, 0.717) is 12.0 Å². The van der Waals surface area contributed by atoms with Gasteiger partial charge in [-0.1, -0.05) is 19.4 Å². The molecule has 1 aliphatic heterocycles. The molecule has 2 heteroatoms. The molecule has 1 heterocycles. The first-order valence-electron chi connectivity index (χ1n) is 6.46. The Kier molecular flexibility index (Phi) is 5.75. The monoisotopic (exact) mass is 223 g/mol. The summed E-state index contributed by atoms with van der Waals surface area (Å²) in [7, 11) is 0. The maximum Gasteiger partial charge on any atom is 0.0656 e. The van der Waals surface area contributed by atoms with Gasteiger partial charge in [0.25, 0.3) is 0 Å². The van der Waals surface area contributed by atoms with Crippen LogP contribution in [0, 0.1) is 17.2 Å². The van der Waals surface area contributed by atoms with E-state index in [0.717, 1.165) is 37.5 Å². The van der Waals surface area contributed by atoms with Crippen LogP contribution in [-0.2, 0) is 4.74 Å². The summed E-state index contributed by atoms with van der Waals surface area (Å²) in [6.45, 7) is 8.79. The molecule has 0 amide bonds. The standard InChI is InChI=1S/C14H25NO/c1-4-6-12(5-2)7-8-14-13(11(3)15)9-10-16-14/h4,12-15H,1,5-10H2,2-3H3/t12?,13-,14?/m1/s1. The van der Waals surface area contributed by atoms with E-state index >= 15 is 0 Å². The number of allylic oxidation sites excluding steroid dienone is 1. The van der Waals surface area contributed by atoms with E-state index in [1.807, 2.05) is 13.0 Å². The molecule has 92 valence electrons. The van der Waals surface area contributed by atoms with Gasteiger partial charge in [0.1, 0.15) is 0 Å². The minimum Gasteiger partial charge on any atom is -0.378 e. The van der Waals surface area contributed by atoms with Gasteiger partial charge in [-0.15, -0.1) is 6.58 Å². The topological polar surface area (TPSA) is 33.1 Å². The summed E-state index contributed by atoms with van der Waals surface area (Å²) < 4.78 is 5.73. The average molecular weight is 223 g/mol. The second-order valence-electron chi connectivity index (χ2n) is 4.86. The average Bonchev–Trinajstić information content (AvgIpc) is 2.72. The Balaban J connectivity index is 2.35. The first-order valence-corrected chi connectivity index (χ1v) is 6.46. The molecule has 0 aliphatic carbocycles. The second-order valence-corrected chi connectivity index (χ2v) is 4.86. The van der Waals surface area contributed by atoms with Crippen LogP contribution in [0.5, 0.6) is 0 Å². The van der Waals surface area contributed by atoms with Gasteiger partial charge in [-0.2, -0.15) is 0 Å². The number of nitrogens with one attached hydrogen (secondary N) is 1. The van der Waals surface area contributed by atoms with Crippen LogP contribution in [0.2, 0.25) is 0 Å². The minimum absolute atomic E-state index is 0.302. The third-order valence-corrected chi connectivity index (χ3v) is 3.70. The van der Waals surface area contributed by atoms with E-state index < -0.39 is 0 Å². The first-order chi connectivity index (χ1) is 7.69. The van der Waals surface area contributed by atoms with Crippen molar-refractivity contribution in [3.63, 3.8) is 0 Å². The van der Waals surface area contributed by atoms with Crippen molar-refractivity contribution in [3.8, 4) is 0 Å². The van der Waals surface area contributed by atoms with Crippen LogP contribution in [0.15, 0.2) is 12.7 Å². The molecule has 1 saturated heterocycles. The third-order valence-electron chi connectivity index (χ3n) is 3.70. The predicted molar refractivity (Wildman–Crippen MR) is 69.1 cm³/mol. The highest BCUT2D eigenvalue weighted by Crippen LogP contribution is 2.28. The van der Waals surface area contributed by atoms with Gasteiger partial charge in [0.15, 0.2) is 0 Å². The van der Waals surface area contributed by atoms with Crippen molar-refractivity contribution in [2.75, 3.05) is 6.61 Å². The highest BCUT2D eigenvalue weighted by Gasteiger charge is 2.29. The lowest BCUT2D eigenvalue weighted by molar-refractivity contribution is 0.0886. The quantitative estimate of drug-likeness (QED) is 0.516. The Hall–Kier alpha value is -0.630. The molecule has 1 fully saturated rings. The molecule has 16 heavy (non-hydrogen) atoms. The Morgan fingerprint density at radius 3 is 2.94 bits per heavy atom. The molecule has 0 aromatic heterocycles. The third kappa shape index (κ3) is 3.75. The van der Waals surface area contributed by atoms with E-state index in [2.05, 4.69) is 13.5 Å². The van der Waals surface area contributed by atoms with Gasteiger partial charge >= 0.3 is 0 Å². The van der Waals surface area contributed by atoms with Gasteiger partial charge in [-0.05, 0) is 38.5 Å². The Labute approximate surface area is 99.6 Å². The number of ether oxygens (including phenoxy) is 1. The normalized spacial score (nSPS) is 26.6. The molecule has 0 bridgehead atoms. The highest BCUT2D eigenvalue weighted by atomic mass is 16.5. The molecule has 1 aliphatic rings. The molecule has 0 aromatic carbocycles. The molecule has 0 radical (unpaired) electrons. The number of hydrogen-bond donors (Lipinski definition) is 1. The SMILES string of the molecule is C=CCC(CC)CCC1OCC[C@@H]1C(C)=N. The summed E-state index contributed by atoms with van der Waals surface area (Å²) in [5.74, 6) is 1.12. The fourth-order valence-corrected chi connectivity index (χ4v) is 2.55. The van der Waals surface area contributed by atoms with Crippen LogP contribution in [0.1, 0.15) is 46.0 Å². The largest absolute Gasteiger partial charge is 0.378 e. The summed E-state index contributed by atoms with van der Waals surface area (Å²) in [6, 6.07) is 0. The van der Waals surface area contributed by atoms with Gasteiger partial charge in [0, 0.05) is 18.2 Å². The lowest BCUT2D eigenvalue weighted by Gasteiger charge is -2.20. The fraction of sp³-hybridized carbons (Fsp3) is 0.786. The van der Waals surface area contributed by atoms with E-state index in [-0.39, 0.29) is 0 Å². The van der Waals surface area contributed by atoms with Gasteiger partial charge in [-0.3, -0.25) is 0 Å². The molecule has 1 rings (SSSR count). The van der Waals surface area contributed by atoms with Crippen molar-refractivity contribution in [2.24, 2.45) is 11.8 Å². The second kappa shape index (κ2) is 6.85. The van der Waals surface area contributed by atoms with Crippen molar-refractivity contribution >= 4 is 5.71 Å². The number of rotatable bonds is 7. The van der Waals surface area contributed by atoms with Crippen LogP contribution >= 0.6 is 0 Å². The van der Waals surface area contributed by atoms with Crippen LogP contribution in [-0.4, -0.2) is 18.4 Å². The molecule has 0 spiro atoms. The summed E-state index contributed by atoms with van der Waals surface area (Å²) in [6.07, 6.45) is 7.99. The minimum atomic E-state index is 0.302. The molecule has 0 aromatic rings. The van der Waals surface area contributed by atoms with Gasteiger partial charge < -0.3 is 10.1 Å². The van der Waals surface area contributed by atoms with Crippen molar-refractivity contribution < 1.29 is 4.74 Å². The van der Waals surface area contributed by atoms with Crippen molar-refractivity contribution in [3.05, 3.63) is 12.7 Å². The molecular formula is C14H25NO. The molecule has 3 atom stereocenters. The van der Waals surface area contributed by atoms with Gasteiger partial charge in [0.05, 0.1) is 6.10 Å². The Bertz CT molecular complexity index is 237. The predicted octanol–water partition coefficient (Wildman–Crippen LogP) is 3.81. The molecule has 0 saturated carbocycles. The van der Waals surface area contributed by atoms with Gasteiger partial charge in [-0.25, -0.2) is 0 Å². The summed E-state index contributed by atoms with van der Waals surface area (Å²) in [4.78, 5) is 0. The highest BCUT2D eigenvalue weighted by molar-refractivity contribution is 5.81. The zero-order valence-electron chi connectivity index (χ0n) is 10.7. The van der Waals surface area contributed by atoms with Crippen LogP contribution in [0.25, 0.3) is 0 Å². The van der Waals surface area contributed by atoms with Crippen LogP contribution in [0.4, 0.5) is 0 Å². The Morgan fingerprint density at radius 2 is 2.38 bits per heavy atom. The number of hydrogen-bond acceptors (Lipinski definition) is 2. The van der Waals surface area contributed by atoms with E-state index in [1.165, 1.54) is 12.8 Å². The maximum absolute atomic E-state index is 7.74. The molecule has 1 N–H and O–H groups in total. The van der Waals surface area contributed by atoms with Crippen LogP contribution < -0.4 is 0 Å². The van der Waals surface area contributed by atoms with Gasteiger partial charge in [0.2, 0.25) is 0 Å². The Morgan fingerprint density at radius 1 is 1.62 bits per heavy atom. The lowest BCUT2D eigenvalue weighted by Crippen LogP contribution is -2.22. The van der Waals surface area contributed by atoms with E-state index in [9.17, 15) is 0 Å². The van der Waals surface area contributed by atoms with Crippen molar-refractivity contribution in [1.82, 2.24) is 0 Å². The molecular weight excluding hydrogens is 198 g/mol. The summed E-state index contributed by atoms with van der Waals surface area (Å²) >= 11 is 0. The van der Waals surface area contributed by atoms with Crippen molar-refractivity contribution in [1.29, 1.82) is 5.41 Å². The zero-order chi connectivity index (χ0) is 12.0. The molecule has 2 nitrogen and oxygen atoms in total.